The second-order valence-electron chi connectivity index (χ2n) is 8.64. The van der Waals surface area contributed by atoms with Crippen molar-refractivity contribution in [2.75, 3.05) is 20.7 Å². The molecule has 0 heterocycles. The number of carbonyl (C=O) groups excluding carboxylic acids is 1. The number of carbonyl (C=O) groups is 1. The Morgan fingerprint density at radius 2 is 1.62 bits per heavy atom. The van der Waals surface area contributed by atoms with Crippen LogP contribution in [0.2, 0.25) is 0 Å². The molecule has 5 rings (SSSR count). The minimum atomic E-state index is 0.0307. The molecule has 4 bridgehead atoms. The molecule has 0 atom stereocenters. The molecule has 4 fully saturated rings. The number of methoxy groups -OCH3 is 1. The van der Waals surface area contributed by atoms with Gasteiger partial charge in [0.05, 0.1) is 13.7 Å². The quantitative estimate of drug-likeness (QED) is 0.793. The molecule has 3 nitrogen and oxygen atoms in total. The van der Waals surface area contributed by atoms with Gasteiger partial charge in [-0.25, -0.2) is 0 Å². The molecular weight excluding hydrogens is 298 g/mol. The Morgan fingerprint density at radius 3 is 2.12 bits per heavy atom. The van der Waals surface area contributed by atoms with Crippen LogP contribution in [0, 0.1) is 23.2 Å². The van der Waals surface area contributed by atoms with Gasteiger partial charge >= 0.3 is 0 Å². The van der Waals surface area contributed by atoms with Crippen molar-refractivity contribution >= 4 is 5.78 Å². The first-order valence-electron chi connectivity index (χ1n) is 9.41. The Morgan fingerprint density at radius 1 is 1.08 bits per heavy atom. The van der Waals surface area contributed by atoms with Gasteiger partial charge in [-0.05, 0) is 81.0 Å². The largest absolute Gasteiger partial charge is 0.497 e. The summed E-state index contributed by atoms with van der Waals surface area (Å²) >= 11 is 0. The maximum Gasteiger partial charge on any atom is 0.152 e. The van der Waals surface area contributed by atoms with Crippen LogP contribution < -0.4 is 4.74 Å². The highest BCUT2D eigenvalue weighted by Gasteiger charge is 2.54. The predicted molar refractivity (Wildman–Crippen MR) is 94.9 cm³/mol. The van der Waals surface area contributed by atoms with Crippen LogP contribution in [-0.4, -0.2) is 31.4 Å². The van der Waals surface area contributed by atoms with Gasteiger partial charge in [-0.3, -0.25) is 9.69 Å². The molecule has 0 aromatic heterocycles. The van der Waals surface area contributed by atoms with Crippen LogP contribution in [0.1, 0.15) is 44.1 Å². The summed E-state index contributed by atoms with van der Waals surface area (Å²) in [6, 6.07) is 8.16. The van der Waals surface area contributed by atoms with Crippen LogP contribution in [0.25, 0.3) is 0 Å². The first kappa shape index (κ1) is 16.1. The minimum absolute atomic E-state index is 0.0307. The molecule has 0 amide bonds. The SMILES string of the molecule is COc1ccc(CN(C)CC(=O)C23CC4CC(CC(C4)C2)C3)cc1. The number of ketones is 1. The summed E-state index contributed by atoms with van der Waals surface area (Å²) in [5.41, 5.74) is 1.26. The molecule has 0 saturated heterocycles. The van der Waals surface area contributed by atoms with Gasteiger partial charge < -0.3 is 4.74 Å². The summed E-state index contributed by atoms with van der Waals surface area (Å²) in [5.74, 6) is 3.91. The molecular formula is C21H29NO2. The Kier molecular flexibility index (Phi) is 4.16. The minimum Gasteiger partial charge on any atom is -0.497 e. The normalized spacial score (nSPS) is 33.9. The maximum absolute atomic E-state index is 13.1. The maximum atomic E-state index is 13.1. The van der Waals surface area contributed by atoms with E-state index in [0.717, 1.165) is 30.0 Å². The Hall–Kier alpha value is -1.35. The van der Waals surface area contributed by atoms with E-state index in [0.29, 0.717) is 12.3 Å². The van der Waals surface area contributed by atoms with Gasteiger partial charge in [0.2, 0.25) is 0 Å². The van der Waals surface area contributed by atoms with E-state index >= 15 is 0 Å². The fourth-order valence-electron chi connectivity index (χ4n) is 5.96. The summed E-state index contributed by atoms with van der Waals surface area (Å²) in [6.45, 7) is 1.42. The smallest absolute Gasteiger partial charge is 0.152 e. The molecule has 0 spiro atoms. The molecule has 1 aromatic carbocycles. The summed E-state index contributed by atoms with van der Waals surface area (Å²) in [5, 5.41) is 0. The monoisotopic (exact) mass is 327 g/mol. The summed E-state index contributed by atoms with van der Waals surface area (Å²) in [7, 11) is 3.76. The predicted octanol–water partition coefficient (Wildman–Crippen LogP) is 3.91. The van der Waals surface area contributed by atoms with Crippen molar-refractivity contribution in [2.24, 2.45) is 23.2 Å². The average molecular weight is 327 g/mol. The molecule has 0 aliphatic heterocycles. The van der Waals surface area contributed by atoms with Crippen LogP contribution in [0.4, 0.5) is 0 Å². The van der Waals surface area contributed by atoms with Gasteiger partial charge in [0.15, 0.2) is 5.78 Å². The fraction of sp³-hybridized carbons (Fsp3) is 0.667. The average Bonchev–Trinajstić information content (AvgIpc) is 2.54. The third-order valence-corrected chi connectivity index (χ3v) is 6.65. The summed E-state index contributed by atoms with van der Waals surface area (Å²) < 4.78 is 5.21. The number of nitrogens with zero attached hydrogens (tertiary/aromatic N) is 1. The van der Waals surface area contributed by atoms with Gasteiger partial charge in [-0.1, -0.05) is 12.1 Å². The van der Waals surface area contributed by atoms with Crippen molar-refractivity contribution in [3.63, 3.8) is 0 Å². The highest BCUT2D eigenvalue weighted by atomic mass is 16.5. The van der Waals surface area contributed by atoms with Gasteiger partial charge in [0.25, 0.3) is 0 Å². The van der Waals surface area contributed by atoms with Gasteiger partial charge in [0.1, 0.15) is 5.75 Å². The molecule has 4 saturated carbocycles. The molecule has 3 heteroatoms. The van der Waals surface area contributed by atoms with Gasteiger partial charge in [-0.2, -0.15) is 0 Å². The Bertz CT molecular complexity index is 571. The van der Waals surface area contributed by atoms with E-state index in [2.05, 4.69) is 24.1 Å². The number of Topliss-reactive ketones (excluding diaryl/α,β-unsaturated/α-hetero) is 1. The van der Waals surface area contributed by atoms with E-state index in [-0.39, 0.29) is 5.41 Å². The van der Waals surface area contributed by atoms with Crippen molar-refractivity contribution in [3.05, 3.63) is 29.8 Å². The second kappa shape index (κ2) is 6.18. The number of ether oxygens (including phenoxy) is 1. The first-order valence-corrected chi connectivity index (χ1v) is 9.41. The molecule has 4 aliphatic rings. The third-order valence-electron chi connectivity index (χ3n) is 6.65. The lowest BCUT2D eigenvalue weighted by Crippen LogP contribution is -2.52. The zero-order valence-corrected chi connectivity index (χ0v) is 15.0. The lowest BCUT2D eigenvalue weighted by atomic mass is 9.48. The number of rotatable bonds is 6. The van der Waals surface area contributed by atoms with E-state index < -0.39 is 0 Å². The molecule has 1 aromatic rings. The number of hydrogen-bond donors (Lipinski definition) is 0. The highest BCUT2D eigenvalue weighted by Crippen LogP contribution is 2.60. The zero-order chi connectivity index (χ0) is 16.7. The second-order valence-corrected chi connectivity index (χ2v) is 8.64. The highest BCUT2D eigenvalue weighted by molar-refractivity contribution is 5.87. The Balaban J connectivity index is 1.38. The van der Waals surface area contributed by atoms with Crippen molar-refractivity contribution < 1.29 is 9.53 Å². The van der Waals surface area contributed by atoms with Crippen molar-refractivity contribution in [1.82, 2.24) is 4.90 Å². The van der Waals surface area contributed by atoms with Crippen LogP contribution in [0.3, 0.4) is 0 Å². The van der Waals surface area contributed by atoms with E-state index in [1.54, 1.807) is 7.11 Å². The van der Waals surface area contributed by atoms with E-state index in [4.69, 9.17) is 4.74 Å². The topological polar surface area (TPSA) is 29.5 Å². The van der Waals surface area contributed by atoms with Crippen LogP contribution in [0.15, 0.2) is 24.3 Å². The molecule has 4 aliphatic carbocycles. The van der Waals surface area contributed by atoms with E-state index in [9.17, 15) is 4.79 Å². The fourth-order valence-corrected chi connectivity index (χ4v) is 5.96. The van der Waals surface area contributed by atoms with Gasteiger partial charge in [0, 0.05) is 12.0 Å². The first-order chi connectivity index (χ1) is 11.6. The summed E-state index contributed by atoms with van der Waals surface area (Å²) in [4.78, 5) is 15.3. The van der Waals surface area contributed by atoms with Crippen molar-refractivity contribution in [1.29, 1.82) is 0 Å². The van der Waals surface area contributed by atoms with Crippen molar-refractivity contribution in [3.8, 4) is 5.75 Å². The lowest BCUT2D eigenvalue weighted by Gasteiger charge is -2.56. The third kappa shape index (κ3) is 2.99. The van der Waals surface area contributed by atoms with Crippen LogP contribution >= 0.6 is 0 Å². The standard InChI is InChI=1S/C21H29NO2/c1-22(13-15-3-5-19(24-2)6-4-15)14-20(23)21-10-16-7-17(11-21)9-18(8-16)12-21/h3-6,16-18H,7-14H2,1-2H3. The van der Waals surface area contributed by atoms with Crippen LogP contribution in [0.5, 0.6) is 5.75 Å². The lowest BCUT2D eigenvalue weighted by molar-refractivity contribution is -0.144. The van der Waals surface area contributed by atoms with Crippen molar-refractivity contribution in [2.45, 2.75) is 45.1 Å². The summed E-state index contributed by atoms with van der Waals surface area (Å²) in [6.07, 6.45) is 7.72. The van der Waals surface area contributed by atoms with E-state index in [1.807, 2.05) is 12.1 Å². The number of benzene rings is 1. The van der Waals surface area contributed by atoms with Gasteiger partial charge in [-0.15, -0.1) is 0 Å². The molecule has 130 valence electrons. The number of likely N-dealkylation sites (N-methyl/N-ethyl adjacent to an activating group) is 1. The molecule has 0 radical (unpaired) electrons. The van der Waals surface area contributed by atoms with E-state index in [1.165, 1.54) is 44.1 Å². The Labute approximate surface area is 145 Å². The molecule has 0 N–H and O–H groups in total. The molecule has 24 heavy (non-hydrogen) atoms. The molecule has 0 unspecified atom stereocenters. The zero-order valence-electron chi connectivity index (χ0n) is 15.0. The van der Waals surface area contributed by atoms with Crippen LogP contribution in [-0.2, 0) is 11.3 Å². The number of hydrogen-bond acceptors (Lipinski definition) is 3.